The van der Waals surface area contributed by atoms with Gasteiger partial charge in [-0.25, -0.2) is 9.37 Å². The van der Waals surface area contributed by atoms with Crippen molar-refractivity contribution >= 4 is 11.6 Å². The van der Waals surface area contributed by atoms with Gasteiger partial charge in [0, 0.05) is 11.6 Å². The van der Waals surface area contributed by atoms with Crippen molar-refractivity contribution < 1.29 is 13.9 Å². The first kappa shape index (κ1) is 17.6. The molecule has 1 aromatic heterocycles. The van der Waals surface area contributed by atoms with E-state index in [1.165, 1.54) is 18.3 Å². The average molecular weight is 350 g/mol. The fraction of sp³-hybridized carbons (Fsp3) is 0.143. The molecule has 3 aromatic rings. The van der Waals surface area contributed by atoms with Crippen molar-refractivity contribution in [2.24, 2.45) is 0 Å². The van der Waals surface area contributed by atoms with E-state index in [0.717, 1.165) is 11.1 Å². The lowest BCUT2D eigenvalue weighted by Crippen LogP contribution is -2.15. The number of carbonyl (C=O) groups excluding carboxylic acids is 1. The van der Waals surface area contributed by atoms with E-state index in [1.807, 2.05) is 32.0 Å². The molecule has 26 heavy (non-hydrogen) atoms. The number of amides is 1. The lowest BCUT2D eigenvalue weighted by atomic mass is 10.0. The summed E-state index contributed by atoms with van der Waals surface area (Å²) >= 11 is 0. The largest absolute Gasteiger partial charge is 0.439 e. The molecule has 0 aliphatic carbocycles. The fourth-order valence-electron chi connectivity index (χ4n) is 2.72. The fourth-order valence-corrected chi connectivity index (χ4v) is 2.72. The lowest BCUT2D eigenvalue weighted by molar-refractivity contribution is 0.102. The number of anilines is 1. The third-order valence-corrected chi connectivity index (χ3v) is 4.05. The number of aryl methyl sites for hydroxylation is 3. The number of carbonyl (C=O) groups is 1. The molecule has 132 valence electrons. The first-order chi connectivity index (χ1) is 12.4. The number of ether oxygens (including phenoxy) is 1. The quantitative estimate of drug-likeness (QED) is 0.704. The van der Waals surface area contributed by atoms with Crippen LogP contribution in [0.1, 0.15) is 27.0 Å². The van der Waals surface area contributed by atoms with Crippen molar-refractivity contribution in [3.05, 3.63) is 82.8 Å². The van der Waals surface area contributed by atoms with Gasteiger partial charge < -0.3 is 10.1 Å². The number of benzene rings is 2. The van der Waals surface area contributed by atoms with E-state index in [4.69, 9.17) is 4.74 Å². The molecule has 1 N–H and O–H groups in total. The highest BCUT2D eigenvalue weighted by atomic mass is 19.1. The van der Waals surface area contributed by atoms with Gasteiger partial charge in [-0.1, -0.05) is 18.2 Å². The second-order valence-electron chi connectivity index (χ2n) is 6.12. The van der Waals surface area contributed by atoms with Crippen LogP contribution in [0.4, 0.5) is 10.1 Å². The highest BCUT2D eigenvalue weighted by Crippen LogP contribution is 2.25. The van der Waals surface area contributed by atoms with Gasteiger partial charge in [-0.2, -0.15) is 0 Å². The van der Waals surface area contributed by atoms with Crippen LogP contribution in [0, 0.1) is 26.6 Å². The molecule has 0 fully saturated rings. The van der Waals surface area contributed by atoms with Crippen LogP contribution in [0.5, 0.6) is 11.6 Å². The normalized spacial score (nSPS) is 10.5. The van der Waals surface area contributed by atoms with Crippen molar-refractivity contribution in [1.82, 2.24) is 4.98 Å². The highest BCUT2D eigenvalue weighted by molar-refractivity contribution is 6.06. The summed E-state index contributed by atoms with van der Waals surface area (Å²) in [7, 11) is 0. The van der Waals surface area contributed by atoms with Gasteiger partial charge in [0.25, 0.3) is 5.91 Å². The summed E-state index contributed by atoms with van der Waals surface area (Å²) in [4.78, 5) is 16.7. The van der Waals surface area contributed by atoms with Gasteiger partial charge >= 0.3 is 0 Å². The molecule has 0 saturated carbocycles. The second kappa shape index (κ2) is 7.35. The van der Waals surface area contributed by atoms with Crippen LogP contribution in [-0.4, -0.2) is 10.9 Å². The predicted octanol–water partition coefficient (Wildman–Crippen LogP) is 5.19. The zero-order chi connectivity index (χ0) is 18.7. The Kier molecular flexibility index (Phi) is 4.98. The van der Waals surface area contributed by atoms with E-state index in [2.05, 4.69) is 10.3 Å². The SMILES string of the molecule is Cc1cc(F)ccc1Oc1ccc(NC(=O)c2c(C)cccc2C)cn1. The molecule has 0 aliphatic rings. The Bertz CT molecular complexity index is 932. The van der Waals surface area contributed by atoms with Crippen LogP contribution in [0.25, 0.3) is 0 Å². The molecule has 0 atom stereocenters. The van der Waals surface area contributed by atoms with Crippen LogP contribution in [-0.2, 0) is 0 Å². The van der Waals surface area contributed by atoms with Crippen molar-refractivity contribution in [2.75, 3.05) is 5.32 Å². The Morgan fingerprint density at radius 2 is 1.73 bits per heavy atom. The highest BCUT2D eigenvalue weighted by Gasteiger charge is 2.12. The Labute approximate surface area is 151 Å². The first-order valence-electron chi connectivity index (χ1n) is 8.21. The average Bonchev–Trinajstić information content (AvgIpc) is 2.59. The topological polar surface area (TPSA) is 51.2 Å². The predicted molar refractivity (Wildman–Crippen MR) is 99.3 cm³/mol. The number of aromatic nitrogens is 1. The third kappa shape index (κ3) is 3.88. The maximum Gasteiger partial charge on any atom is 0.256 e. The maximum absolute atomic E-state index is 13.1. The Balaban J connectivity index is 1.72. The number of halogens is 1. The van der Waals surface area contributed by atoms with Crippen LogP contribution in [0.3, 0.4) is 0 Å². The van der Waals surface area contributed by atoms with E-state index < -0.39 is 0 Å². The van der Waals surface area contributed by atoms with Crippen LogP contribution < -0.4 is 10.1 Å². The molecule has 0 aliphatic heterocycles. The number of nitrogens with one attached hydrogen (secondary N) is 1. The summed E-state index contributed by atoms with van der Waals surface area (Å²) in [5, 5.41) is 2.84. The first-order valence-corrected chi connectivity index (χ1v) is 8.21. The van der Waals surface area contributed by atoms with E-state index in [9.17, 15) is 9.18 Å². The molecule has 1 heterocycles. The molecule has 2 aromatic carbocycles. The minimum Gasteiger partial charge on any atom is -0.439 e. The standard InChI is InChI=1S/C21H19FN2O2/c1-13-5-4-6-14(2)20(13)21(25)24-17-8-10-19(23-12-17)26-18-9-7-16(22)11-15(18)3/h4-12H,1-3H3,(H,24,25). The van der Waals surface area contributed by atoms with E-state index >= 15 is 0 Å². The second-order valence-corrected chi connectivity index (χ2v) is 6.12. The molecule has 0 radical (unpaired) electrons. The molecule has 0 unspecified atom stereocenters. The Morgan fingerprint density at radius 3 is 2.35 bits per heavy atom. The third-order valence-electron chi connectivity index (χ3n) is 4.05. The van der Waals surface area contributed by atoms with Gasteiger partial charge in [0.1, 0.15) is 11.6 Å². The van der Waals surface area contributed by atoms with E-state index in [-0.39, 0.29) is 11.7 Å². The van der Waals surface area contributed by atoms with E-state index in [0.29, 0.717) is 28.4 Å². The number of rotatable bonds is 4. The summed E-state index contributed by atoms with van der Waals surface area (Å²) < 4.78 is 18.8. The van der Waals surface area contributed by atoms with E-state index in [1.54, 1.807) is 25.1 Å². The molecule has 3 rings (SSSR count). The molecule has 4 nitrogen and oxygen atoms in total. The maximum atomic E-state index is 13.1. The Hall–Kier alpha value is -3.21. The zero-order valence-electron chi connectivity index (χ0n) is 14.8. The summed E-state index contributed by atoms with van der Waals surface area (Å²) in [6.07, 6.45) is 1.53. The number of hydrogen-bond acceptors (Lipinski definition) is 3. The molecule has 0 spiro atoms. The zero-order valence-corrected chi connectivity index (χ0v) is 14.8. The number of nitrogens with zero attached hydrogens (tertiary/aromatic N) is 1. The van der Waals surface area contributed by atoms with Crippen molar-refractivity contribution in [3.63, 3.8) is 0 Å². The minimum absolute atomic E-state index is 0.176. The van der Waals surface area contributed by atoms with Crippen LogP contribution >= 0.6 is 0 Å². The molecule has 1 amide bonds. The molecular formula is C21H19FN2O2. The van der Waals surface area contributed by atoms with Crippen LogP contribution in [0.15, 0.2) is 54.7 Å². The molecule has 5 heteroatoms. The van der Waals surface area contributed by atoms with Gasteiger partial charge in [0.15, 0.2) is 0 Å². The molecule has 0 saturated heterocycles. The van der Waals surface area contributed by atoms with Gasteiger partial charge in [0.2, 0.25) is 5.88 Å². The summed E-state index contributed by atoms with van der Waals surface area (Å²) in [6, 6.07) is 13.4. The summed E-state index contributed by atoms with van der Waals surface area (Å²) in [6.45, 7) is 5.57. The van der Waals surface area contributed by atoms with Gasteiger partial charge in [-0.15, -0.1) is 0 Å². The monoisotopic (exact) mass is 350 g/mol. The van der Waals surface area contributed by atoms with Crippen LogP contribution in [0.2, 0.25) is 0 Å². The minimum atomic E-state index is -0.313. The summed E-state index contributed by atoms with van der Waals surface area (Å²) in [5.41, 5.74) is 3.75. The number of hydrogen-bond donors (Lipinski definition) is 1. The van der Waals surface area contributed by atoms with Crippen molar-refractivity contribution in [3.8, 4) is 11.6 Å². The van der Waals surface area contributed by atoms with Gasteiger partial charge in [0.05, 0.1) is 11.9 Å². The Morgan fingerprint density at radius 1 is 1.00 bits per heavy atom. The van der Waals surface area contributed by atoms with Gasteiger partial charge in [-0.3, -0.25) is 4.79 Å². The summed E-state index contributed by atoms with van der Waals surface area (Å²) in [5.74, 6) is 0.411. The lowest BCUT2D eigenvalue weighted by Gasteiger charge is -2.11. The van der Waals surface area contributed by atoms with Crippen molar-refractivity contribution in [1.29, 1.82) is 0 Å². The smallest absolute Gasteiger partial charge is 0.256 e. The van der Waals surface area contributed by atoms with Crippen molar-refractivity contribution in [2.45, 2.75) is 20.8 Å². The molecular weight excluding hydrogens is 331 g/mol. The molecule has 0 bridgehead atoms. The van der Waals surface area contributed by atoms with Gasteiger partial charge in [-0.05, 0) is 61.7 Å². The number of pyridine rings is 1.